The van der Waals surface area contributed by atoms with Crippen LogP contribution in [0.25, 0.3) is 0 Å². The molecule has 1 unspecified atom stereocenters. The Labute approximate surface area is 94.6 Å². The molecule has 1 heterocycles. The van der Waals surface area contributed by atoms with Gasteiger partial charge in [-0.2, -0.15) is 0 Å². The molecule has 0 radical (unpaired) electrons. The summed E-state index contributed by atoms with van der Waals surface area (Å²) in [6.45, 7) is 3.00. The number of benzene rings is 1. The van der Waals surface area contributed by atoms with Crippen molar-refractivity contribution in [3.8, 4) is 5.75 Å². The highest BCUT2D eigenvalue weighted by molar-refractivity contribution is 5.71. The van der Waals surface area contributed by atoms with E-state index in [1.807, 2.05) is 24.3 Å². The lowest BCUT2D eigenvalue weighted by molar-refractivity contribution is -0.142. The van der Waals surface area contributed by atoms with Crippen LogP contribution in [0.4, 0.5) is 0 Å². The van der Waals surface area contributed by atoms with Gasteiger partial charge in [0.15, 0.2) is 0 Å². The number of esters is 1. The van der Waals surface area contributed by atoms with Crippen LogP contribution in [0.1, 0.15) is 18.5 Å². The van der Waals surface area contributed by atoms with Gasteiger partial charge < -0.3 is 9.47 Å². The first kappa shape index (κ1) is 11.0. The fraction of sp³-hybridized carbons (Fsp3) is 0.417. The van der Waals surface area contributed by atoms with Gasteiger partial charge >= 0.3 is 5.97 Å². The largest absolute Gasteiger partial charge is 0.491 e. The Morgan fingerprint density at radius 2 is 2.38 bits per heavy atom. The van der Waals surface area contributed by atoms with Crippen molar-refractivity contribution in [3.05, 3.63) is 29.8 Å². The zero-order valence-corrected chi connectivity index (χ0v) is 9.23. The van der Waals surface area contributed by atoms with Gasteiger partial charge in [-0.1, -0.05) is 18.2 Å². The lowest BCUT2D eigenvalue weighted by atomic mass is 10.1. The molecule has 0 fully saturated rings. The lowest BCUT2D eigenvalue weighted by Crippen LogP contribution is -2.29. The first-order valence-corrected chi connectivity index (χ1v) is 5.42. The molecule has 2 rings (SSSR count). The molecule has 1 aromatic carbocycles. The van der Waals surface area contributed by atoms with E-state index in [4.69, 9.17) is 9.47 Å². The van der Waals surface area contributed by atoms with E-state index in [2.05, 4.69) is 5.32 Å². The van der Waals surface area contributed by atoms with Gasteiger partial charge in [0.05, 0.1) is 19.2 Å². The molecule has 1 aliphatic rings. The zero-order valence-electron chi connectivity index (χ0n) is 9.23. The number of carbonyl (C=O) groups excluding carboxylic acids is 1. The summed E-state index contributed by atoms with van der Waals surface area (Å²) in [6.07, 6.45) is 0. The molecule has 1 atom stereocenters. The van der Waals surface area contributed by atoms with Crippen molar-refractivity contribution in [3.63, 3.8) is 0 Å². The number of nitrogens with one attached hydrogen (secondary N) is 1. The van der Waals surface area contributed by atoms with Gasteiger partial charge in [-0.25, -0.2) is 0 Å². The maximum atomic E-state index is 11.2. The van der Waals surface area contributed by atoms with E-state index in [0.29, 0.717) is 13.2 Å². The van der Waals surface area contributed by atoms with Crippen molar-refractivity contribution >= 4 is 5.97 Å². The summed E-state index contributed by atoms with van der Waals surface area (Å²) < 4.78 is 10.3. The highest BCUT2D eigenvalue weighted by atomic mass is 16.5. The van der Waals surface area contributed by atoms with Crippen molar-refractivity contribution in [2.45, 2.75) is 13.0 Å². The number of para-hydroxylation sites is 1. The number of carbonyl (C=O) groups is 1. The number of fused-ring (bicyclic) bond motifs is 1. The van der Waals surface area contributed by atoms with Crippen LogP contribution in [-0.2, 0) is 9.53 Å². The third kappa shape index (κ3) is 2.33. The second-order valence-electron chi connectivity index (χ2n) is 3.59. The minimum Gasteiger partial charge on any atom is -0.491 e. The number of ether oxygens (including phenoxy) is 2. The SMILES string of the molecule is CCOC(=O)CNC1COc2ccccc21. The van der Waals surface area contributed by atoms with Crippen LogP contribution in [0.15, 0.2) is 24.3 Å². The molecule has 0 spiro atoms. The summed E-state index contributed by atoms with van der Waals surface area (Å²) in [5.74, 6) is 0.663. The molecule has 86 valence electrons. The van der Waals surface area contributed by atoms with Crippen LogP contribution in [0.3, 0.4) is 0 Å². The van der Waals surface area contributed by atoms with Crippen molar-refractivity contribution in [2.24, 2.45) is 0 Å². The predicted octanol–water partition coefficient (Wildman–Crippen LogP) is 1.27. The summed E-state index contributed by atoms with van der Waals surface area (Å²) in [5.41, 5.74) is 1.10. The molecule has 4 nitrogen and oxygen atoms in total. The van der Waals surface area contributed by atoms with E-state index in [1.54, 1.807) is 6.92 Å². The molecule has 1 N–H and O–H groups in total. The highest BCUT2D eigenvalue weighted by Crippen LogP contribution is 2.31. The molecule has 0 saturated heterocycles. The highest BCUT2D eigenvalue weighted by Gasteiger charge is 2.23. The molecule has 0 aliphatic carbocycles. The zero-order chi connectivity index (χ0) is 11.4. The Hall–Kier alpha value is -1.55. The summed E-state index contributed by atoms with van der Waals surface area (Å²) in [7, 11) is 0. The Kier molecular flexibility index (Phi) is 3.41. The molecule has 1 aliphatic heterocycles. The summed E-state index contributed by atoms with van der Waals surface area (Å²) in [6, 6.07) is 7.92. The summed E-state index contributed by atoms with van der Waals surface area (Å²) in [5, 5.41) is 3.12. The van der Waals surface area contributed by atoms with E-state index in [9.17, 15) is 4.79 Å². The average Bonchev–Trinajstić information content (AvgIpc) is 2.70. The first-order chi connectivity index (χ1) is 7.81. The number of rotatable bonds is 4. The van der Waals surface area contributed by atoms with Gasteiger partial charge in [-0.3, -0.25) is 10.1 Å². The fourth-order valence-corrected chi connectivity index (χ4v) is 1.75. The maximum absolute atomic E-state index is 11.2. The van der Waals surface area contributed by atoms with Crippen LogP contribution in [0, 0.1) is 0 Å². The maximum Gasteiger partial charge on any atom is 0.319 e. The van der Waals surface area contributed by atoms with Crippen molar-refractivity contribution in [1.82, 2.24) is 5.32 Å². The van der Waals surface area contributed by atoms with Gasteiger partial charge in [0, 0.05) is 5.56 Å². The summed E-state index contributed by atoms with van der Waals surface area (Å²) >= 11 is 0. The second-order valence-corrected chi connectivity index (χ2v) is 3.59. The van der Waals surface area contributed by atoms with Gasteiger partial charge in [-0.05, 0) is 13.0 Å². The molecule has 1 aromatic rings. The molecule has 0 bridgehead atoms. The van der Waals surface area contributed by atoms with Crippen LogP contribution in [-0.4, -0.2) is 25.7 Å². The minimum absolute atomic E-state index is 0.0839. The van der Waals surface area contributed by atoms with Crippen LogP contribution in [0.2, 0.25) is 0 Å². The summed E-state index contributed by atoms with van der Waals surface area (Å²) in [4.78, 5) is 11.2. The van der Waals surface area contributed by atoms with Crippen LogP contribution >= 0.6 is 0 Å². The van der Waals surface area contributed by atoms with E-state index in [0.717, 1.165) is 11.3 Å². The van der Waals surface area contributed by atoms with E-state index in [1.165, 1.54) is 0 Å². The fourth-order valence-electron chi connectivity index (χ4n) is 1.75. The molecule has 4 heteroatoms. The standard InChI is InChI=1S/C12H15NO3/c1-2-15-12(14)7-13-10-8-16-11-6-4-3-5-9(10)11/h3-6,10,13H,2,7-8H2,1H3. The van der Waals surface area contributed by atoms with Crippen molar-refractivity contribution < 1.29 is 14.3 Å². The Bertz CT molecular complexity index is 378. The molecule has 16 heavy (non-hydrogen) atoms. The van der Waals surface area contributed by atoms with Crippen molar-refractivity contribution in [2.75, 3.05) is 19.8 Å². The van der Waals surface area contributed by atoms with Gasteiger partial charge in [0.1, 0.15) is 12.4 Å². The molecule has 0 saturated carbocycles. The van der Waals surface area contributed by atoms with Crippen molar-refractivity contribution in [1.29, 1.82) is 0 Å². The lowest BCUT2D eigenvalue weighted by Gasteiger charge is -2.10. The monoisotopic (exact) mass is 221 g/mol. The van der Waals surface area contributed by atoms with E-state index in [-0.39, 0.29) is 18.6 Å². The average molecular weight is 221 g/mol. The predicted molar refractivity (Wildman–Crippen MR) is 59.3 cm³/mol. The van der Waals surface area contributed by atoms with Gasteiger partial charge in [0.25, 0.3) is 0 Å². The Morgan fingerprint density at radius 3 is 3.19 bits per heavy atom. The molecular weight excluding hydrogens is 206 g/mol. The first-order valence-electron chi connectivity index (χ1n) is 5.42. The minimum atomic E-state index is -0.230. The molecular formula is C12H15NO3. The third-order valence-corrected chi connectivity index (χ3v) is 2.50. The van der Waals surface area contributed by atoms with E-state index >= 15 is 0 Å². The van der Waals surface area contributed by atoms with Crippen LogP contribution < -0.4 is 10.1 Å². The molecule has 0 aromatic heterocycles. The number of hydrogen-bond donors (Lipinski definition) is 1. The Morgan fingerprint density at radius 1 is 1.56 bits per heavy atom. The van der Waals surface area contributed by atoms with Gasteiger partial charge in [-0.15, -0.1) is 0 Å². The quantitative estimate of drug-likeness (QED) is 0.778. The smallest absolute Gasteiger partial charge is 0.319 e. The molecule has 0 amide bonds. The third-order valence-electron chi connectivity index (χ3n) is 2.50. The second kappa shape index (κ2) is 4.99. The van der Waals surface area contributed by atoms with E-state index < -0.39 is 0 Å². The van der Waals surface area contributed by atoms with Crippen LogP contribution in [0.5, 0.6) is 5.75 Å². The Balaban J connectivity index is 1.91. The topological polar surface area (TPSA) is 47.6 Å². The van der Waals surface area contributed by atoms with Gasteiger partial charge in [0.2, 0.25) is 0 Å². The number of hydrogen-bond acceptors (Lipinski definition) is 4. The normalized spacial score (nSPS) is 17.7.